The van der Waals surface area contributed by atoms with Gasteiger partial charge in [0.1, 0.15) is 0 Å². The van der Waals surface area contributed by atoms with Crippen molar-refractivity contribution in [3.05, 3.63) is 70.8 Å². The zero-order valence-electron chi connectivity index (χ0n) is 15.5. The Morgan fingerprint density at radius 3 is 2.32 bits per heavy atom. The molecule has 2 rings (SSSR count). The number of nitrogens with two attached hydrogens (primary N) is 1. The van der Waals surface area contributed by atoms with Crippen LogP contribution in [-0.2, 0) is 11.2 Å². The molecule has 4 heteroatoms. The number of amides is 1. The minimum atomic E-state index is -0.292. The lowest BCUT2D eigenvalue weighted by Gasteiger charge is -2.23. The quantitative estimate of drug-likeness (QED) is 0.814. The molecule has 0 spiro atoms. The molecule has 0 fully saturated rings. The Kier molecular flexibility index (Phi) is 8.14. The van der Waals surface area contributed by atoms with Gasteiger partial charge in [-0.3, -0.25) is 4.79 Å². The second kappa shape index (κ2) is 9.59. The molecule has 0 aromatic heterocycles. The maximum absolute atomic E-state index is 12.5. The molecule has 0 aliphatic carbocycles. The highest BCUT2D eigenvalue weighted by atomic mass is 35.5. The van der Waals surface area contributed by atoms with Crippen LogP contribution in [0.3, 0.4) is 0 Å². The van der Waals surface area contributed by atoms with Gasteiger partial charge in [-0.05, 0) is 43.9 Å². The van der Waals surface area contributed by atoms with Crippen LogP contribution in [0, 0.1) is 19.8 Å². The number of carbonyl (C=O) groups is 1. The summed E-state index contributed by atoms with van der Waals surface area (Å²) in [6.07, 6.45) is 0.825. The third-order valence-corrected chi connectivity index (χ3v) is 4.55. The first kappa shape index (κ1) is 21.2. The van der Waals surface area contributed by atoms with Gasteiger partial charge in [-0.15, -0.1) is 12.4 Å². The summed E-state index contributed by atoms with van der Waals surface area (Å²) in [5.74, 6) is -0.266. The van der Waals surface area contributed by atoms with E-state index in [0.717, 1.165) is 12.0 Å². The van der Waals surface area contributed by atoms with Gasteiger partial charge in [0.05, 0.1) is 5.92 Å². The zero-order chi connectivity index (χ0) is 17.7. The molecule has 0 saturated heterocycles. The van der Waals surface area contributed by atoms with Crippen molar-refractivity contribution in [1.29, 1.82) is 0 Å². The number of hydrogen-bond acceptors (Lipinski definition) is 2. The lowest BCUT2D eigenvalue weighted by atomic mass is 9.94. The number of benzene rings is 2. The third kappa shape index (κ3) is 5.87. The van der Waals surface area contributed by atoms with Crippen molar-refractivity contribution in [1.82, 2.24) is 5.32 Å². The van der Waals surface area contributed by atoms with E-state index in [1.165, 1.54) is 16.7 Å². The predicted octanol–water partition coefficient (Wildman–Crippen LogP) is 4.11. The van der Waals surface area contributed by atoms with E-state index in [-0.39, 0.29) is 36.3 Å². The molecule has 2 aromatic carbocycles. The van der Waals surface area contributed by atoms with E-state index in [4.69, 9.17) is 5.73 Å². The van der Waals surface area contributed by atoms with Crippen LogP contribution in [0.2, 0.25) is 0 Å². The minimum Gasteiger partial charge on any atom is -0.353 e. The van der Waals surface area contributed by atoms with Crippen molar-refractivity contribution in [2.24, 2.45) is 11.7 Å². The van der Waals surface area contributed by atoms with Gasteiger partial charge < -0.3 is 11.1 Å². The summed E-state index contributed by atoms with van der Waals surface area (Å²) >= 11 is 0. The monoisotopic (exact) mass is 360 g/mol. The highest BCUT2D eigenvalue weighted by molar-refractivity contribution is 5.85. The van der Waals surface area contributed by atoms with Crippen molar-refractivity contribution in [3.8, 4) is 0 Å². The van der Waals surface area contributed by atoms with Gasteiger partial charge in [0.15, 0.2) is 0 Å². The fourth-order valence-electron chi connectivity index (χ4n) is 2.96. The molecule has 3 nitrogen and oxygen atoms in total. The fraction of sp³-hybridized carbons (Fsp3) is 0.381. The van der Waals surface area contributed by atoms with Crippen LogP contribution in [0.25, 0.3) is 0 Å². The van der Waals surface area contributed by atoms with Crippen LogP contribution in [-0.4, -0.2) is 11.9 Å². The Labute approximate surface area is 157 Å². The smallest absolute Gasteiger partial charge is 0.224 e. The summed E-state index contributed by atoms with van der Waals surface area (Å²) < 4.78 is 0. The number of rotatable bonds is 6. The molecule has 0 aliphatic rings. The van der Waals surface area contributed by atoms with Crippen molar-refractivity contribution in [3.63, 3.8) is 0 Å². The Bertz CT molecular complexity index is 688. The van der Waals surface area contributed by atoms with Gasteiger partial charge in [0.2, 0.25) is 5.91 Å². The van der Waals surface area contributed by atoms with E-state index in [0.29, 0.717) is 0 Å². The number of carbonyl (C=O) groups excluding carboxylic acids is 1. The Morgan fingerprint density at radius 2 is 1.72 bits per heavy atom. The van der Waals surface area contributed by atoms with Crippen molar-refractivity contribution in [2.75, 3.05) is 0 Å². The Hall–Kier alpha value is -1.84. The molecule has 0 bridgehead atoms. The normalized spacial score (nSPS) is 14.1. The lowest BCUT2D eigenvalue weighted by molar-refractivity contribution is -0.125. The number of nitrogens with one attached hydrogen (secondary N) is 1. The second-order valence-electron chi connectivity index (χ2n) is 6.77. The molecule has 2 aromatic rings. The molecule has 25 heavy (non-hydrogen) atoms. The van der Waals surface area contributed by atoms with Crippen LogP contribution in [0.5, 0.6) is 0 Å². The molecule has 0 saturated carbocycles. The van der Waals surface area contributed by atoms with Gasteiger partial charge in [0, 0.05) is 12.1 Å². The van der Waals surface area contributed by atoms with Gasteiger partial charge in [-0.1, -0.05) is 61.0 Å². The van der Waals surface area contributed by atoms with Crippen LogP contribution < -0.4 is 11.1 Å². The van der Waals surface area contributed by atoms with E-state index < -0.39 is 0 Å². The van der Waals surface area contributed by atoms with Crippen LogP contribution >= 0.6 is 12.4 Å². The highest BCUT2D eigenvalue weighted by Gasteiger charge is 2.23. The second-order valence-corrected chi connectivity index (χ2v) is 6.77. The summed E-state index contributed by atoms with van der Waals surface area (Å²) in [6, 6.07) is 16.0. The summed E-state index contributed by atoms with van der Waals surface area (Å²) in [7, 11) is 0. The molecule has 3 N–H and O–H groups in total. The molecule has 0 heterocycles. The van der Waals surface area contributed by atoms with E-state index in [2.05, 4.69) is 37.4 Å². The molecule has 3 atom stereocenters. The Balaban J connectivity index is 0.00000312. The topological polar surface area (TPSA) is 55.1 Å². The molecule has 0 aliphatic heterocycles. The molecule has 0 radical (unpaired) electrons. The van der Waals surface area contributed by atoms with Crippen LogP contribution in [0.4, 0.5) is 0 Å². The first-order chi connectivity index (χ1) is 11.4. The van der Waals surface area contributed by atoms with Crippen LogP contribution in [0.1, 0.15) is 42.1 Å². The number of aryl methyl sites for hydroxylation is 2. The Morgan fingerprint density at radius 1 is 1.08 bits per heavy atom. The van der Waals surface area contributed by atoms with Crippen molar-refractivity contribution < 1.29 is 4.79 Å². The average Bonchev–Trinajstić information content (AvgIpc) is 2.56. The lowest BCUT2D eigenvalue weighted by Crippen LogP contribution is -2.41. The molecule has 136 valence electrons. The maximum Gasteiger partial charge on any atom is 0.224 e. The largest absolute Gasteiger partial charge is 0.353 e. The predicted molar refractivity (Wildman–Crippen MR) is 107 cm³/mol. The first-order valence-corrected chi connectivity index (χ1v) is 8.55. The van der Waals surface area contributed by atoms with Gasteiger partial charge >= 0.3 is 0 Å². The SMILES string of the molecule is Cc1ccc(CC(C)NC(=O)C(C)C(N)c2ccccc2)c(C)c1.Cl. The van der Waals surface area contributed by atoms with Gasteiger partial charge in [0.25, 0.3) is 0 Å². The average molecular weight is 361 g/mol. The van der Waals surface area contributed by atoms with Crippen molar-refractivity contribution in [2.45, 2.75) is 46.2 Å². The van der Waals surface area contributed by atoms with Gasteiger partial charge in [-0.2, -0.15) is 0 Å². The van der Waals surface area contributed by atoms with Crippen molar-refractivity contribution >= 4 is 18.3 Å². The number of hydrogen-bond donors (Lipinski definition) is 2. The van der Waals surface area contributed by atoms with E-state index in [1.54, 1.807) is 0 Å². The summed E-state index contributed by atoms with van der Waals surface area (Å²) in [5, 5.41) is 3.10. The fourth-order valence-corrected chi connectivity index (χ4v) is 2.96. The summed E-state index contributed by atoms with van der Waals surface area (Å²) in [6.45, 7) is 8.13. The summed E-state index contributed by atoms with van der Waals surface area (Å²) in [5.41, 5.74) is 11.0. The summed E-state index contributed by atoms with van der Waals surface area (Å²) in [4.78, 5) is 12.5. The molecular weight excluding hydrogens is 332 g/mol. The standard InChI is InChI=1S/C21H28N2O.ClH/c1-14-10-11-19(15(2)12-14)13-16(3)23-21(24)17(4)20(22)18-8-6-5-7-9-18;/h5-12,16-17,20H,13,22H2,1-4H3,(H,23,24);1H. The molecule has 1 amide bonds. The molecular formula is C21H29ClN2O. The zero-order valence-corrected chi connectivity index (χ0v) is 16.3. The minimum absolute atomic E-state index is 0. The highest BCUT2D eigenvalue weighted by Crippen LogP contribution is 2.19. The first-order valence-electron chi connectivity index (χ1n) is 8.55. The van der Waals surface area contributed by atoms with Crippen LogP contribution in [0.15, 0.2) is 48.5 Å². The van der Waals surface area contributed by atoms with E-state index in [9.17, 15) is 4.79 Å². The van der Waals surface area contributed by atoms with Gasteiger partial charge in [-0.25, -0.2) is 0 Å². The molecule has 3 unspecified atom stereocenters. The van der Waals surface area contributed by atoms with E-state index in [1.807, 2.05) is 44.2 Å². The third-order valence-electron chi connectivity index (χ3n) is 4.55. The number of halogens is 1. The maximum atomic E-state index is 12.5. The van der Waals surface area contributed by atoms with E-state index >= 15 is 0 Å².